The topological polar surface area (TPSA) is 75.6 Å². The molecule has 1 amide bonds. The zero-order valence-electron chi connectivity index (χ0n) is 8.23. The van der Waals surface area contributed by atoms with Crippen molar-refractivity contribution in [3.8, 4) is 5.75 Å². The van der Waals surface area contributed by atoms with Crippen LogP contribution in [0.4, 0.5) is 5.69 Å². The normalized spacial score (nSPS) is 23.2. The van der Waals surface area contributed by atoms with Crippen LogP contribution in [-0.4, -0.2) is 23.1 Å². The van der Waals surface area contributed by atoms with Crippen LogP contribution in [-0.2, 0) is 4.79 Å². The van der Waals surface area contributed by atoms with Crippen LogP contribution in [0.25, 0.3) is 0 Å². The number of carbonyl (C=O) groups excluding carboxylic acids is 1. The minimum Gasteiger partial charge on any atom is -0.477 e. The number of ether oxygens (including phenoxy) is 1. The SMILES string of the molecule is O=C(O)c1scc2c1OC(C1CC1)C(=O)N2. The minimum atomic E-state index is -1.02. The van der Waals surface area contributed by atoms with Crippen molar-refractivity contribution in [2.45, 2.75) is 18.9 Å². The zero-order valence-corrected chi connectivity index (χ0v) is 9.04. The van der Waals surface area contributed by atoms with Gasteiger partial charge in [0, 0.05) is 11.3 Å². The molecule has 84 valence electrons. The Morgan fingerprint density at radius 2 is 2.31 bits per heavy atom. The van der Waals surface area contributed by atoms with Gasteiger partial charge in [0.15, 0.2) is 16.7 Å². The van der Waals surface area contributed by atoms with Crippen LogP contribution in [0, 0.1) is 5.92 Å². The molecule has 2 aliphatic rings. The van der Waals surface area contributed by atoms with Gasteiger partial charge < -0.3 is 15.2 Å². The van der Waals surface area contributed by atoms with Crippen molar-refractivity contribution in [3.63, 3.8) is 0 Å². The summed E-state index contributed by atoms with van der Waals surface area (Å²) >= 11 is 1.07. The lowest BCUT2D eigenvalue weighted by atomic mass is 10.2. The van der Waals surface area contributed by atoms with Crippen molar-refractivity contribution < 1.29 is 19.4 Å². The third kappa shape index (κ3) is 1.37. The summed E-state index contributed by atoms with van der Waals surface area (Å²) in [6.07, 6.45) is 1.43. The van der Waals surface area contributed by atoms with Crippen molar-refractivity contribution in [1.82, 2.24) is 0 Å². The van der Waals surface area contributed by atoms with Crippen molar-refractivity contribution in [1.29, 1.82) is 0 Å². The first kappa shape index (κ1) is 9.65. The number of aromatic carboxylic acids is 1. The molecule has 1 unspecified atom stereocenters. The van der Waals surface area contributed by atoms with Gasteiger partial charge in [-0.25, -0.2) is 4.79 Å². The molecule has 1 aliphatic heterocycles. The number of hydrogen-bond donors (Lipinski definition) is 2. The van der Waals surface area contributed by atoms with Gasteiger partial charge in [-0.3, -0.25) is 4.79 Å². The van der Waals surface area contributed by atoms with E-state index in [1.54, 1.807) is 5.38 Å². The third-order valence-corrected chi connectivity index (χ3v) is 3.70. The van der Waals surface area contributed by atoms with E-state index in [0.29, 0.717) is 11.4 Å². The number of carbonyl (C=O) groups is 2. The Bertz CT molecular complexity index is 477. The zero-order chi connectivity index (χ0) is 11.3. The Morgan fingerprint density at radius 3 is 2.94 bits per heavy atom. The molecular weight excluding hydrogens is 230 g/mol. The van der Waals surface area contributed by atoms with Crippen molar-refractivity contribution in [3.05, 3.63) is 10.3 Å². The molecular formula is C10H9NO4S. The molecule has 1 saturated carbocycles. The lowest BCUT2D eigenvalue weighted by molar-refractivity contribution is -0.124. The molecule has 1 atom stereocenters. The maximum atomic E-state index is 11.6. The Kier molecular flexibility index (Phi) is 1.94. The molecule has 1 aliphatic carbocycles. The Morgan fingerprint density at radius 1 is 1.56 bits per heavy atom. The number of amides is 1. The molecule has 2 N–H and O–H groups in total. The van der Waals surface area contributed by atoms with Crippen molar-refractivity contribution >= 4 is 28.9 Å². The summed E-state index contributed by atoms with van der Waals surface area (Å²) in [6.45, 7) is 0. The first-order chi connectivity index (χ1) is 7.66. The molecule has 5 nitrogen and oxygen atoms in total. The van der Waals surface area contributed by atoms with Gasteiger partial charge >= 0.3 is 5.97 Å². The number of rotatable bonds is 2. The van der Waals surface area contributed by atoms with E-state index < -0.39 is 12.1 Å². The summed E-state index contributed by atoms with van der Waals surface area (Å²) in [7, 11) is 0. The van der Waals surface area contributed by atoms with Crippen LogP contribution in [0.3, 0.4) is 0 Å². The quantitative estimate of drug-likeness (QED) is 0.821. The lowest BCUT2D eigenvalue weighted by Gasteiger charge is -2.23. The molecule has 1 fully saturated rings. The average Bonchev–Trinajstić information content (AvgIpc) is 2.98. The van der Waals surface area contributed by atoms with Gasteiger partial charge in [-0.15, -0.1) is 11.3 Å². The molecule has 3 rings (SSSR count). The predicted octanol–water partition coefficient (Wildman–Crippen LogP) is 1.56. The molecule has 16 heavy (non-hydrogen) atoms. The minimum absolute atomic E-state index is 0.153. The summed E-state index contributed by atoms with van der Waals surface area (Å²) in [4.78, 5) is 22.7. The fourth-order valence-corrected chi connectivity index (χ4v) is 2.56. The highest BCUT2D eigenvalue weighted by Crippen LogP contribution is 2.43. The van der Waals surface area contributed by atoms with Gasteiger partial charge in [-0.05, 0) is 12.8 Å². The maximum Gasteiger partial charge on any atom is 0.349 e. The van der Waals surface area contributed by atoms with Gasteiger partial charge in [0.25, 0.3) is 5.91 Å². The summed E-state index contributed by atoms with van der Waals surface area (Å²) in [5, 5.41) is 13.2. The molecule has 1 aromatic heterocycles. The standard InChI is InChI=1S/C10H9NO4S/c12-9-6(4-1-2-4)15-7-5(11-9)3-16-8(7)10(13)14/h3-4,6H,1-2H2,(H,11,12)(H,13,14). The van der Waals surface area contributed by atoms with Crippen LogP contribution in [0.15, 0.2) is 5.38 Å². The van der Waals surface area contributed by atoms with E-state index in [-0.39, 0.29) is 16.7 Å². The number of nitrogens with one attached hydrogen (secondary N) is 1. The molecule has 0 spiro atoms. The summed E-state index contributed by atoms with van der Waals surface area (Å²) < 4.78 is 5.52. The molecule has 1 aromatic rings. The average molecular weight is 239 g/mol. The largest absolute Gasteiger partial charge is 0.477 e. The van der Waals surface area contributed by atoms with E-state index in [1.807, 2.05) is 0 Å². The van der Waals surface area contributed by atoms with Gasteiger partial charge in [-0.1, -0.05) is 0 Å². The highest BCUT2D eigenvalue weighted by atomic mass is 32.1. The van der Waals surface area contributed by atoms with E-state index in [4.69, 9.17) is 9.84 Å². The van der Waals surface area contributed by atoms with E-state index >= 15 is 0 Å². The van der Waals surface area contributed by atoms with Crippen LogP contribution >= 0.6 is 11.3 Å². The first-order valence-electron chi connectivity index (χ1n) is 4.99. The third-order valence-electron chi connectivity index (χ3n) is 2.75. The monoisotopic (exact) mass is 239 g/mol. The molecule has 0 aromatic carbocycles. The van der Waals surface area contributed by atoms with E-state index in [0.717, 1.165) is 24.2 Å². The molecule has 0 radical (unpaired) electrons. The summed E-state index contributed by atoms with van der Waals surface area (Å²) in [5.41, 5.74) is 0.476. The Labute approximate surface area is 95.0 Å². The molecule has 6 heteroatoms. The Balaban J connectivity index is 1.97. The van der Waals surface area contributed by atoms with Crippen LogP contribution in [0.1, 0.15) is 22.5 Å². The number of carboxylic acid groups (broad SMARTS) is 1. The van der Waals surface area contributed by atoms with Gasteiger partial charge in [0.1, 0.15) is 0 Å². The fourth-order valence-electron chi connectivity index (χ4n) is 1.79. The predicted molar refractivity (Wildman–Crippen MR) is 57.0 cm³/mol. The molecule has 0 saturated heterocycles. The number of thiophene rings is 1. The van der Waals surface area contributed by atoms with Crippen LogP contribution < -0.4 is 10.1 Å². The van der Waals surface area contributed by atoms with Gasteiger partial charge in [0.05, 0.1) is 5.69 Å². The molecule has 2 heterocycles. The summed E-state index contributed by atoms with van der Waals surface area (Å²) in [6, 6.07) is 0. The second-order valence-corrected chi connectivity index (χ2v) is 4.86. The lowest BCUT2D eigenvalue weighted by Crippen LogP contribution is -2.38. The Hall–Kier alpha value is -1.56. The van der Waals surface area contributed by atoms with Gasteiger partial charge in [-0.2, -0.15) is 0 Å². The maximum absolute atomic E-state index is 11.6. The smallest absolute Gasteiger partial charge is 0.349 e. The van der Waals surface area contributed by atoms with E-state index in [2.05, 4.69) is 5.32 Å². The van der Waals surface area contributed by atoms with Crippen LogP contribution in [0.5, 0.6) is 5.75 Å². The number of hydrogen-bond acceptors (Lipinski definition) is 4. The van der Waals surface area contributed by atoms with E-state index in [9.17, 15) is 9.59 Å². The highest BCUT2D eigenvalue weighted by molar-refractivity contribution is 7.13. The molecule has 0 bridgehead atoms. The second-order valence-electron chi connectivity index (χ2n) is 3.98. The fraction of sp³-hybridized carbons (Fsp3) is 0.400. The van der Waals surface area contributed by atoms with Gasteiger partial charge in [0.2, 0.25) is 0 Å². The second kappa shape index (κ2) is 3.21. The number of fused-ring (bicyclic) bond motifs is 1. The first-order valence-corrected chi connectivity index (χ1v) is 5.87. The highest BCUT2D eigenvalue weighted by Gasteiger charge is 2.42. The summed E-state index contributed by atoms with van der Waals surface area (Å²) in [5.74, 6) is -0.620. The number of anilines is 1. The number of carboxylic acids is 1. The van der Waals surface area contributed by atoms with E-state index in [1.165, 1.54) is 0 Å². The van der Waals surface area contributed by atoms with Crippen LogP contribution in [0.2, 0.25) is 0 Å². The van der Waals surface area contributed by atoms with Crippen molar-refractivity contribution in [2.24, 2.45) is 5.92 Å². The van der Waals surface area contributed by atoms with Crippen molar-refractivity contribution in [2.75, 3.05) is 5.32 Å².